The van der Waals surface area contributed by atoms with Crippen molar-refractivity contribution in [3.63, 3.8) is 0 Å². The first kappa shape index (κ1) is 21.3. The fraction of sp³-hybridized carbons (Fsp3) is 0.417. The summed E-state index contributed by atoms with van der Waals surface area (Å²) in [6.07, 6.45) is 1.75. The summed E-state index contributed by atoms with van der Waals surface area (Å²) in [5.74, 6) is -1.47. The monoisotopic (exact) mass is 424 g/mol. The van der Waals surface area contributed by atoms with Gasteiger partial charge in [-0.15, -0.1) is 0 Å². The van der Waals surface area contributed by atoms with Crippen molar-refractivity contribution in [2.45, 2.75) is 32.6 Å². The topological polar surface area (TPSA) is 76.6 Å². The molecule has 162 valence electrons. The summed E-state index contributed by atoms with van der Waals surface area (Å²) in [4.78, 5) is 44.0. The minimum Gasteiger partial charge on any atom is -0.375 e. The number of likely N-dealkylation sites (tertiary alicyclic amines) is 1. The molecule has 2 heterocycles. The Morgan fingerprint density at radius 1 is 1.16 bits per heavy atom. The number of ether oxygens (including phenoxy) is 1. The minimum absolute atomic E-state index is 0.00818. The van der Waals surface area contributed by atoms with Gasteiger partial charge in [-0.1, -0.05) is 0 Å². The normalized spacial score (nSPS) is 18.4. The molecule has 0 radical (unpaired) electrons. The van der Waals surface area contributed by atoms with E-state index < -0.39 is 17.2 Å². The smallest absolute Gasteiger partial charge is 0.248 e. The summed E-state index contributed by atoms with van der Waals surface area (Å²) in [6, 6.07) is 6.74. The molecule has 0 atom stereocenters. The van der Waals surface area contributed by atoms with Crippen LogP contribution >= 0.6 is 0 Å². The third-order valence-electron chi connectivity index (χ3n) is 6.32. The van der Waals surface area contributed by atoms with Gasteiger partial charge in [0.25, 0.3) is 0 Å². The second-order valence-corrected chi connectivity index (χ2v) is 8.79. The van der Waals surface area contributed by atoms with Gasteiger partial charge in [0.1, 0.15) is 29.9 Å². The standard InChI is InChI=1S/C24H25FN2O4/c1-14-6-16(18-5-4-17(25)10-26-18)7-15(2)22(14)23-19(28)8-24(9-20(23)29)12-27(13-24)21(30)11-31-3/h4-7,10,23H,8-9,11-13H2,1-3H3. The lowest BCUT2D eigenvalue weighted by Crippen LogP contribution is -2.62. The van der Waals surface area contributed by atoms with Crippen molar-refractivity contribution in [1.29, 1.82) is 0 Å². The number of hydrogen-bond acceptors (Lipinski definition) is 5. The highest BCUT2D eigenvalue weighted by Gasteiger charge is 2.53. The number of ketones is 2. The number of halogens is 1. The third kappa shape index (κ3) is 3.90. The van der Waals surface area contributed by atoms with Crippen LogP contribution in [0.25, 0.3) is 11.3 Å². The van der Waals surface area contributed by atoms with Gasteiger partial charge in [-0.25, -0.2) is 4.39 Å². The van der Waals surface area contributed by atoms with E-state index in [1.165, 1.54) is 19.4 Å². The predicted octanol–water partition coefficient (Wildman–Crippen LogP) is 3.00. The molecule has 2 fully saturated rings. The molecule has 7 heteroatoms. The average Bonchev–Trinajstić information content (AvgIpc) is 2.68. The van der Waals surface area contributed by atoms with Gasteiger partial charge in [0.05, 0.1) is 11.9 Å². The lowest BCUT2D eigenvalue weighted by molar-refractivity contribution is -0.157. The van der Waals surface area contributed by atoms with Crippen molar-refractivity contribution < 1.29 is 23.5 Å². The van der Waals surface area contributed by atoms with Gasteiger partial charge in [0.2, 0.25) is 5.91 Å². The predicted molar refractivity (Wildman–Crippen MR) is 112 cm³/mol. The number of amides is 1. The molecule has 31 heavy (non-hydrogen) atoms. The van der Waals surface area contributed by atoms with Crippen molar-refractivity contribution >= 4 is 17.5 Å². The molecule has 1 saturated heterocycles. The zero-order valence-electron chi connectivity index (χ0n) is 17.9. The summed E-state index contributed by atoms with van der Waals surface area (Å²) in [5.41, 5.74) is 3.45. The van der Waals surface area contributed by atoms with Crippen LogP contribution in [0.15, 0.2) is 30.5 Å². The number of hydrogen-bond donors (Lipinski definition) is 0. The molecule has 0 N–H and O–H groups in total. The number of pyridine rings is 1. The molecule has 1 aromatic heterocycles. The number of rotatable bonds is 4. The number of aromatic nitrogens is 1. The summed E-state index contributed by atoms with van der Waals surface area (Å²) >= 11 is 0. The maximum absolute atomic E-state index is 13.2. The highest BCUT2D eigenvalue weighted by atomic mass is 19.1. The van der Waals surface area contributed by atoms with E-state index in [2.05, 4.69) is 4.98 Å². The summed E-state index contributed by atoms with van der Waals surface area (Å²) in [5, 5.41) is 0. The molecule has 1 aliphatic heterocycles. The molecule has 1 saturated carbocycles. The number of benzene rings is 1. The Kier molecular flexibility index (Phi) is 5.47. The van der Waals surface area contributed by atoms with E-state index in [9.17, 15) is 18.8 Å². The van der Waals surface area contributed by atoms with Crippen LogP contribution < -0.4 is 0 Å². The summed E-state index contributed by atoms with van der Waals surface area (Å²) in [7, 11) is 1.47. The third-order valence-corrected chi connectivity index (χ3v) is 6.32. The van der Waals surface area contributed by atoms with Crippen LogP contribution in [0.1, 0.15) is 35.4 Å². The zero-order valence-corrected chi connectivity index (χ0v) is 17.9. The van der Waals surface area contributed by atoms with E-state index in [1.807, 2.05) is 26.0 Å². The van der Waals surface area contributed by atoms with Gasteiger partial charge in [-0.2, -0.15) is 0 Å². The van der Waals surface area contributed by atoms with Gasteiger partial charge in [-0.3, -0.25) is 19.4 Å². The lowest BCUT2D eigenvalue weighted by Gasteiger charge is -2.52. The Morgan fingerprint density at radius 2 is 1.77 bits per heavy atom. The first-order valence-corrected chi connectivity index (χ1v) is 10.3. The highest BCUT2D eigenvalue weighted by molar-refractivity contribution is 6.11. The van der Waals surface area contributed by atoms with Gasteiger partial charge in [-0.05, 0) is 54.8 Å². The molecular weight excluding hydrogens is 399 g/mol. The van der Waals surface area contributed by atoms with Crippen LogP contribution in [0.3, 0.4) is 0 Å². The van der Waals surface area contributed by atoms with E-state index in [0.717, 1.165) is 22.3 Å². The summed E-state index contributed by atoms with van der Waals surface area (Å²) in [6.45, 7) is 4.62. The largest absolute Gasteiger partial charge is 0.375 e. The number of nitrogens with zero attached hydrogens (tertiary/aromatic N) is 2. The van der Waals surface area contributed by atoms with Crippen molar-refractivity contribution in [2.75, 3.05) is 26.8 Å². The number of Topliss-reactive ketones (excluding diaryl/α,β-unsaturated/α-hetero) is 2. The number of methoxy groups -OCH3 is 1. The van der Waals surface area contributed by atoms with E-state index in [4.69, 9.17) is 4.74 Å². The Labute approximate surface area is 180 Å². The van der Waals surface area contributed by atoms with E-state index >= 15 is 0 Å². The Hall–Kier alpha value is -2.93. The molecule has 1 spiro atoms. The summed E-state index contributed by atoms with van der Waals surface area (Å²) < 4.78 is 18.1. The fourth-order valence-corrected chi connectivity index (χ4v) is 5.01. The average molecular weight is 424 g/mol. The molecule has 2 aromatic rings. The minimum atomic E-state index is -0.774. The maximum atomic E-state index is 13.2. The van der Waals surface area contributed by atoms with Gasteiger partial charge >= 0.3 is 0 Å². The molecule has 0 unspecified atom stereocenters. The number of carbonyl (C=O) groups is 3. The zero-order chi connectivity index (χ0) is 22.3. The second kappa shape index (κ2) is 7.96. The quantitative estimate of drug-likeness (QED) is 0.706. The maximum Gasteiger partial charge on any atom is 0.248 e. The van der Waals surface area contributed by atoms with E-state index in [1.54, 1.807) is 11.0 Å². The molecule has 2 aliphatic rings. The Morgan fingerprint density at radius 3 is 2.29 bits per heavy atom. The van der Waals surface area contributed by atoms with Gasteiger partial charge in [0, 0.05) is 44.0 Å². The first-order chi connectivity index (χ1) is 14.7. The van der Waals surface area contributed by atoms with E-state index in [0.29, 0.717) is 31.6 Å². The molecule has 1 aromatic carbocycles. The molecular formula is C24H25FN2O4. The van der Waals surface area contributed by atoms with Gasteiger partial charge in [0.15, 0.2) is 0 Å². The SMILES string of the molecule is COCC(=O)N1CC2(CC(=O)C(c3c(C)cc(-c4ccc(F)cn4)cc3C)C(=O)C2)C1. The highest BCUT2D eigenvalue weighted by Crippen LogP contribution is 2.46. The second-order valence-electron chi connectivity index (χ2n) is 8.79. The van der Waals surface area contributed by atoms with Crippen LogP contribution in [0.4, 0.5) is 4.39 Å². The van der Waals surface area contributed by atoms with Crippen molar-refractivity contribution in [2.24, 2.45) is 5.41 Å². The van der Waals surface area contributed by atoms with Crippen molar-refractivity contribution in [1.82, 2.24) is 9.88 Å². The first-order valence-electron chi connectivity index (χ1n) is 10.3. The molecule has 1 aliphatic carbocycles. The lowest BCUT2D eigenvalue weighted by atomic mass is 9.63. The van der Waals surface area contributed by atoms with Crippen LogP contribution in [-0.2, 0) is 19.1 Å². The molecule has 0 bridgehead atoms. The van der Waals surface area contributed by atoms with Crippen LogP contribution in [-0.4, -0.2) is 54.2 Å². The van der Waals surface area contributed by atoms with E-state index in [-0.39, 0.29) is 24.1 Å². The van der Waals surface area contributed by atoms with Crippen LogP contribution in [0, 0.1) is 25.1 Å². The van der Waals surface area contributed by atoms with Crippen LogP contribution in [0.2, 0.25) is 0 Å². The number of carbonyl (C=O) groups excluding carboxylic acids is 3. The number of aryl methyl sites for hydroxylation is 2. The molecule has 4 rings (SSSR count). The molecule has 6 nitrogen and oxygen atoms in total. The van der Waals surface area contributed by atoms with Gasteiger partial charge < -0.3 is 9.64 Å². The van der Waals surface area contributed by atoms with Crippen molar-refractivity contribution in [3.8, 4) is 11.3 Å². The Bertz CT molecular complexity index is 1010. The molecule has 1 amide bonds. The van der Waals surface area contributed by atoms with Crippen LogP contribution in [0.5, 0.6) is 0 Å². The Balaban J connectivity index is 1.55. The fourth-order valence-electron chi connectivity index (χ4n) is 5.01. The van der Waals surface area contributed by atoms with Crippen molar-refractivity contribution in [3.05, 3.63) is 53.0 Å².